The van der Waals surface area contributed by atoms with Crippen LogP contribution in [0.3, 0.4) is 0 Å². The van der Waals surface area contributed by atoms with Crippen LogP contribution in [-0.4, -0.2) is 34.3 Å². The van der Waals surface area contributed by atoms with Gasteiger partial charge in [0.05, 0.1) is 18.3 Å². The normalized spacial score (nSPS) is 12.3. The summed E-state index contributed by atoms with van der Waals surface area (Å²) >= 11 is 0. The van der Waals surface area contributed by atoms with Crippen molar-refractivity contribution in [1.29, 1.82) is 0 Å². The lowest BCUT2D eigenvalue weighted by Gasteiger charge is -2.13. The van der Waals surface area contributed by atoms with Gasteiger partial charge in [-0.15, -0.1) is 0 Å². The molecule has 0 bridgehead atoms. The van der Waals surface area contributed by atoms with Crippen molar-refractivity contribution >= 4 is 33.7 Å². The van der Waals surface area contributed by atoms with Gasteiger partial charge in [-0.1, -0.05) is 11.6 Å². The summed E-state index contributed by atoms with van der Waals surface area (Å²) in [6.45, 7) is 5.26. The summed E-state index contributed by atoms with van der Waals surface area (Å²) in [6.07, 6.45) is 1.38. The van der Waals surface area contributed by atoms with Gasteiger partial charge in [-0.2, -0.15) is 5.10 Å². The summed E-state index contributed by atoms with van der Waals surface area (Å²) in [6, 6.07) is 4.66. The van der Waals surface area contributed by atoms with Crippen LogP contribution < -0.4 is 10.9 Å². The van der Waals surface area contributed by atoms with Gasteiger partial charge in [-0.25, -0.2) is 9.59 Å². The molecule has 0 aliphatic carbocycles. The van der Waals surface area contributed by atoms with Crippen molar-refractivity contribution in [2.45, 2.75) is 33.4 Å². The van der Waals surface area contributed by atoms with Crippen molar-refractivity contribution in [2.24, 2.45) is 0 Å². The standard InChI is InChI=1S/C18H19N3O5/c1-4-25-17(23)11(3)20-15(22)9-21-16-12-7-10(2)5-6-14(12)26-18(24)13(16)8-19-21/h5-8,11H,4,9H2,1-3H3,(H,20,22)/t11-/m1/s1. The molecule has 0 unspecified atom stereocenters. The number of hydrogen-bond donors (Lipinski definition) is 1. The lowest BCUT2D eigenvalue weighted by molar-refractivity contribution is -0.146. The molecule has 3 aromatic rings. The third-order valence-electron chi connectivity index (χ3n) is 3.96. The lowest BCUT2D eigenvalue weighted by atomic mass is 10.1. The minimum Gasteiger partial charge on any atom is -0.464 e. The van der Waals surface area contributed by atoms with Crippen LogP contribution in [0, 0.1) is 6.92 Å². The van der Waals surface area contributed by atoms with E-state index in [0.717, 1.165) is 5.56 Å². The molecule has 8 nitrogen and oxygen atoms in total. The maximum atomic E-state index is 12.3. The van der Waals surface area contributed by atoms with Crippen LogP contribution >= 0.6 is 0 Å². The van der Waals surface area contributed by atoms with Crippen molar-refractivity contribution < 1.29 is 18.7 Å². The van der Waals surface area contributed by atoms with E-state index >= 15 is 0 Å². The maximum absolute atomic E-state index is 12.3. The first-order valence-electron chi connectivity index (χ1n) is 8.25. The Morgan fingerprint density at radius 2 is 2.12 bits per heavy atom. The zero-order valence-corrected chi connectivity index (χ0v) is 14.7. The molecule has 0 radical (unpaired) electrons. The van der Waals surface area contributed by atoms with Gasteiger partial charge in [0.15, 0.2) is 0 Å². The Hall–Kier alpha value is -3.16. The van der Waals surface area contributed by atoms with Crippen LogP contribution in [-0.2, 0) is 20.9 Å². The number of nitrogens with zero attached hydrogens (tertiary/aromatic N) is 2. The number of fused-ring (bicyclic) bond motifs is 3. The van der Waals surface area contributed by atoms with Gasteiger partial charge in [0.1, 0.15) is 23.6 Å². The molecule has 3 rings (SSSR count). The first-order valence-corrected chi connectivity index (χ1v) is 8.25. The first-order chi connectivity index (χ1) is 12.4. The summed E-state index contributed by atoms with van der Waals surface area (Å²) in [7, 11) is 0. The molecule has 8 heteroatoms. The number of benzene rings is 1. The Morgan fingerprint density at radius 3 is 2.85 bits per heavy atom. The molecule has 0 fully saturated rings. The third kappa shape index (κ3) is 3.30. The highest BCUT2D eigenvalue weighted by molar-refractivity contribution is 6.02. The zero-order chi connectivity index (χ0) is 18.8. The number of hydrogen-bond acceptors (Lipinski definition) is 6. The Kier molecular flexibility index (Phi) is 4.75. The molecule has 0 aliphatic rings. The molecule has 1 atom stereocenters. The first kappa shape index (κ1) is 17.7. The number of esters is 1. The number of ether oxygens (including phenoxy) is 1. The maximum Gasteiger partial charge on any atom is 0.347 e. The molecule has 0 saturated heterocycles. The fraction of sp³-hybridized carbons (Fsp3) is 0.333. The minimum atomic E-state index is -0.770. The van der Waals surface area contributed by atoms with E-state index in [9.17, 15) is 14.4 Å². The molecular weight excluding hydrogens is 338 g/mol. The van der Waals surface area contributed by atoms with Gasteiger partial charge in [0.25, 0.3) is 0 Å². The number of carbonyl (C=O) groups excluding carboxylic acids is 2. The molecule has 2 aromatic heterocycles. The average molecular weight is 357 g/mol. The van der Waals surface area contributed by atoms with Crippen molar-refractivity contribution in [3.05, 3.63) is 40.4 Å². The molecule has 1 aromatic carbocycles. The molecule has 2 heterocycles. The number of aryl methyl sites for hydroxylation is 1. The van der Waals surface area contributed by atoms with Crippen LogP contribution in [0.5, 0.6) is 0 Å². The molecule has 136 valence electrons. The van der Waals surface area contributed by atoms with E-state index in [0.29, 0.717) is 21.9 Å². The van der Waals surface area contributed by atoms with Crippen molar-refractivity contribution in [2.75, 3.05) is 6.61 Å². The van der Waals surface area contributed by atoms with Crippen LogP contribution in [0.25, 0.3) is 21.9 Å². The molecule has 0 spiro atoms. The van der Waals surface area contributed by atoms with Crippen molar-refractivity contribution in [1.82, 2.24) is 15.1 Å². The Morgan fingerprint density at radius 1 is 1.35 bits per heavy atom. The summed E-state index contributed by atoms with van der Waals surface area (Å²) < 4.78 is 11.6. The van der Waals surface area contributed by atoms with Gasteiger partial charge in [-0.05, 0) is 32.9 Å². The molecule has 1 N–H and O–H groups in total. The lowest BCUT2D eigenvalue weighted by Crippen LogP contribution is -2.41. The van der Waals surface area contributed by atoms with Crippen molar-refractivity contribution in [3.8, 4) is 0 Å². The fourth-order valence-electron chi connectivity index (χ4n) is 2.76. The molecule has 26 heavy (non-hydrogen) atoms. The van der Waals surface area contributed by atoms with E-state index in [-0.39, 0.29) is 13.2 Å². The fourth-order valence-corrected chi connectivity index (χ4v) is 2.76. The van der Waals surface area contributed by atoms with Crippen LogP contribution in [0.15, 0.2) is 33.6 Å². The molecule has 1 amide bonds. The number of aromatic nitrogens is 2. The quantitative estimate of drug-likeness (QED) is 0.548. The SMILES string of the molecule is CCOC(=O)[C@@H](C)NC(=O)Cn1ncc2c(=O)oc3ccc(C)cc3c21. The summed E-state index contributed by atoms with van der Waals surface area (Å²) in [5.41, 5.74) is 1.43. The van der Waals surface area contributed by atoms with Crippen LogP contribution in [0.4, 0.5) is 0 Å². The Bertz CT molecular complexity index is 1050. The van der Waals surface area contributed by atoms with Gasteiger partial charge >= 0.3 is 11.6 Å². The molecular formula is C18H19N3O5. The highest BCUT2D eigenvalue weighted by Gasteiger charge is 2.19. The highest BCUT2D eigenvalue weighted by Crippen LogP contribution is 2.23. The highest BCUT2D eigenvalue weighted by atomic mass is 16.5. The van der Waals surface area contributed by atoms with Crippen molar-refractivity contribution in [3.63, 3.8) is 0 Å². The topological polar surface area (TPSA) is 103 Å². The molecule has 0 aliphatic heterocycles. The number of amides is 1. The van der Waals surface area contributed by atoms with Crippen LogP contribution in [0.2, 0.25) is 0 Å². The van der Waals surface area contributed by atoms with E-state index in [4.69, 9.17) is 9.15 Å². The van der Waals surface area contributed by atoms with Gasteiger partial charge in [0, 0.05) is 5.39 Å². The summed E-state index contributed by atoms with van der Waals surface area (Å²) in [4.78, 5) is 36.1. The van der Waals surface area contributed by atoms with Crippen LogP contribution in [0.1, 0.15) is 19.4 Å². The second-order valence-corrected chi connectivity index (χ2v) is 5.99. The van der Waals surface area contributed by atoms with E-state index in [2.05, 4.69) is 10.4 Å². The Balaban J connectivity index is 1.95. The molecule has 0 saturated carbocycles. The third-order valence-corrected chi connectivity index (χ3v) is 3.96. The average Bonchev–Trinajstić information content (AvgIpc) is 3.00. The van der Waals surface area contributed by atoms with E-state index in [1.54, 1.807) is 19.9 Å². The van der Waals surface area contributed by atoms with Gasteiger partial charge in [0.2, 0.25) is 5.91 Å². The summed E-state index contributed by atoms with van der Waals surface area (Å²) in [5.74, 6) is -0.919. The minimum absolute atomic E-state index is 0.139. The van der Waals surface area contributed by atoms with Gasteiger partial charge in [-0.3, -0.25) is 9.48 Å². The monoisotopic (exact) mass is 357 g/mol. The number of nitrogens with one attached hydrogen (secondary N) is 1. The van der Waals surface area contributed by atoms with E-state index in [1.165, 1.54) is 10.9 Å². The van der Waals surface area contributed by atoms with E-state index < -0.39 is 23.5 Å². The van der Waals surface area contributed by atoms with E-state index in [1.807, 2.05) is 19.1 Å². The Labute approximate surface area is 148 Å². The second kappa shape index (κ2) is 6.99. The number of carbonyl (C=O) groups is 2. The largest absolute Gasteiger partial charge is 0.464 e. The second-order valence-electron chi connectivity index (χ2n) is 5.99. The predicted molar refractivity (Wildman–Crippen MR) is 94.7 cm³/mol. The van der Waals surface area contributed by atoms with Gasteiger partial charge < -0.3 is 14.5 Å². The summed E-state index contributed by atoms with van der Waals surface area (Å²) in [5, 5.41) is 7.71. The predicted octanol–water partition coefficient (Wildman–Crippen LogP) is 1.52. The number of rotatable bonds is 5. The smallest absolute Gasteiger partial charge is 0.347 e. The zero-order valence-electron chi connectivity index (χ0n) is 14.7.